The maximum atomic E-state index is 13.1. The van der Waals surface area contributed by atoms with Gasteiger partial charge in [0.2, 0.25) is 0 Å². The molecule has 1 heterocycles. The Hall–Kier alpha value is -2.77. The van der Waals surface area contributed by atoms with E-state index >= 15 is 0 Å². The number of hydrogen-bond donors (Lipinski definition) is 1. The standard InChI is InChI=1S/C21H18N2O3S2.C2H6/c1-25-14-3-7-16(8-4-14)27-19-11-12-20(21-18(19)13-22-23-21)28(24)17-9-5-15(26-2)6-10-17;1-2/h3-13H,1-2H3,(H,22,23);1-2H3. The van der Waals surface area contributed by atoms with E-state index < -0.39 is 10.8 Å². The lowest BCUT2D eigenvalue weighted by Crippen LogP contribution is -1.95. The highest BCUT2D eigenvalue weighted by Crippen LogP contribution is 2.36. The molecule has 3 aromatic carbocycles. The number of rotatable bonds is 6. The lowest BCUT2D eigenvalue weighted by atomic mass is 10.2. The third-order valence-corrected chi connectivity index (χ3v) is 6.82. The Morgan fingerprint density at radius 3 is 2.07 bits per heavy atom. The van der Waals surface area contributed by atoms with Crippen LogP contribution in [-0.4, -0.2) is 28.6 Å². The van der Waals surface area contributed by atoms with Crippen LogP contribution >= 0.6 is 11.8 Å². The van der Waals surface area contributed by atoms with Crippen LogP contribution in [0.4, 0.5) is 0 Å². The first-order chi connectivity index (χ1) is 14.7. The Kier molecular flexibility index (Phi) is 7.54. The molecule has 0 saturated heterocycles. The largest absolute Gasteiger partial charge is 0.497 e. The maximum Gasteiger partial charge on any atom is 0.118 e. The molecule has 1 aromatic heterocycles. The SMILES string of the molecule is CC.COc1ccc(Sc2ccc(S(=O)c3ccc(OC)cc3)c3[nH]ncc23)cc1. The van der Waals surface area contributed by atoms with Gasteiger partial charge in [-0.25, -0.2) is 4.21 Å². The minimum absolute atomic E-state index is 0.705. The average molecular weight is 441 g/mol. The summed E-state index contributed by atoms with van der Waals surface area (Å²) in [7, 11) is 1.94. The molecule has 0 bridgehead atoms. The van der Waals surface area contributed by atoms with Crippen LogP contribution in [0.5, 0.6) is 11.5 Å². The number of methoxy groups -OCH3 is 2. The van der Waals surface area contributed by atoms with Crippen LogP contribution in [0, 0.1) is 0 Å². The molecule has 0 saturated carbocycles. The molecular formula is C23H24N2O3S2. The lowest BCUT2D eigenvalue weighted by molar-refractivity contribution is 0.414. The van der Waals surface area contributed by atoms with Crippen molar-refractivity contribution in [1.29, 1.82) is 0 Å². The van der Waals surface area contributed by atoms with Gasteiger partial charge in [0.1, 0.15) is 11.5 Å². The fourth-order valence-electron chi connectivity index (χ4n) is 2.83. The van der Waals surface area contributed by atoms with E-state index in [1.165, 1.54) is 0 Å². The molecule has 30 heavy (non-hydrogen) atoms. The number of ether oxygens (including phenoxy) is 2. The molecular weight excluding hydrogens is 416 g/mol. The fraction of sp³-hybridized carbons (Fsp3) is 0.174. The van der Waals surface area contributed by atoms with Crippen LogP contribution in [0.2, 0.25) is 0 Å². The zero-order valence-corrected chi connectivity index (χ0v) is 19.0. The summed E-state index contributed by atoms with van der Waals surface area (Å²) in [6.45, 7) is 4.00. The first-order valence-electron chi connectivity index (χ1n) is 9.53. The smallest absolute Gasteiger partial charge is 0.118 e. The quantitative estimate of drug-likeness (QED) is 0.403. The fourth-order valence-corrected chi connectivity index (χ4v) is 4.92. The number of nitrogens with zero attached hydrogens (tertiary/aromatic N) is 1. The molecule has 1 atom stereocenters. The molecule has 1 unspecified atom stereocenters. The van der Waals surface area contributed by atoms with Gasteiger partial charge in [0.15, 0.2) is 0 Å². The molecule has 7 heteroatoms. The van der Waals surface area contributed by atoms with Crippen LogP contribution in [0.25, 0.3) is 10.9 Å². The molecule has 156 valence electrons. The molecule has 0 spiro atoms. The summed E-state index contributed by atoms with van der Waals surface area (Å²) in [5, 5.41) is 8.13. The Balaban J connectivity index is 0.00000124. The first kappa shape index (κ1) is 21.9. The molecule has 4 aromatic rings. The van der Waals surface area contributed by atoms with E-state index in [-0.39, 0.29) is 0 Å². The second kappa shape index (κ2) is 10.3. The van der Waals surface area contributed by atoms with Crippen molar-refractivity contribution in [2.75, 3.05) is 14.2 Å². The Morgan fingerprint density at radius 2 is 1.47 bits per heavy atom. The molecule has 0 aliphatic rings. The van der Waals surface area contributed by atoms with Crippen molar-refractivity contribution >= 4 is 33.5 Å². The Labute approximate surface area is 183 Å². The Bertz CT molecular complexity index is 1120. The summed E-state index contributed by atoms with van der Waals surface area (Å²) in [4.78, 5) is 3.56. The van der Waals surface area contributed by atoms with Crippen molar-refractivity contribution in [2.24, 2.45) is 0 Å². The average Bonchev–Trinajstić information content (AvgIpc) is 3.31. The van der Waals surface area contributed by atoms with Gasteiger partial charge in [-0.3, -0.25) is 5.10 Å². The van der Waals surface area contributed by atoms with E-state index in [2.05, 4.69) is 10.2 Å². The molecule has 1 N–H and O–H groups in total. The van der Waals surface area contributed by atoms with Gasteiger partial charge in [0.25, 0.3) is 0 Å². The van der Waals surface area contributed by atoms with E-state index in [9.17, 15) is 4.21 Å². The summed E-state index contributed by atoms with van der Waals surface area (Å²) in [6, 6.07) is 19.0. The molecule has 0 amide bonds. The van der Waals surface area contributed by atoms with Crippen LogP contribution < -0.4 is 9.47 Å². The number of benzene rings is 3. The third-order valence-electron chi connectivity index (χ3n) is 4.30. The van der Waals surface area contributed by atoms with Crippen molar-refractivity contribution in [2.45, 2.75) is 33.4 Å². The van der Waals surface area contributed by atoms with Crippen molar-refractivity contribution in [3.63, 3.8) is 0 Å². The van der Waals surface area contributed by atoms with E-state index in [1.807, 2.05) is 74.5 Å². The number of aromatic amines is 1. The van der Waals surface area contributed by atoms with Crippen LogP contribution in [-0.2, 0) is 10.8 Å². The minimum Gasteiger partial charge on any atom is -0.497 e. The Morgan fingerprint density at radius 1 is 0.867 bits per heavy atom. The van der Waals surface area contributed by atoms with Crippen molar-refractivity contribution in [3.8, 4) is 11.5 Å². The summed E-state index contributed by atoms with van der Waals surface area (Å²) < 4.78 is 23.5. The van der Waals surface area contributed by atoms with Gasteiger partial charge < -0.3 is 9.47 Å². The van der Waals surface area contributed by atoms with Crippen molar-refractivity contribution in [1.82, 2.24) is 10.2 Å². The summed E-state index contributed by atoms with van der Waals surface area (Å²) in [5.41, 5.74) is 0.785. The molecule has 0 aliphatic heterocycles. The van der Waals surface area contributed by atoms with E-state index in [0.717, 1.165) is 32.2 Å². The highest BCUT2D eigenvalue weighted by Gasteiger charge is 2.15. The second-order valence-corrected chi connectivity index (χ2v) is 8.51. The highest BCUT2D eigenvalue weighted by molar-refractivity contribution is 7.99. The van der Waals surface area contributed by atoms with Crippen LogP contribution in [0.1, 0.15) is 13.8 Å². The molecule has 0 radical (unpaired) electrons. The number of aromatic nitrogens is 2. The van der Waals surface area contributed by atoms with Gasteiger partial charge >= 0.3 is 0 Å². The highest BCUT2D eigenvalue weighted by atomic mass is 32.2. The summed E-state index contributed by atoms with van der Waals surface area (Å²) >= 11 is 1.63. The first-order valence-corrected chi connectivity index (χ1v) is 11.5. The van der Waals surface area contributed by atoms with Gasteiger partial charge in [-0.2, -0.15) is 5.10 Å². The number of fused-ring (bicyclic) bond motifs is 1. The van der Waals surface area contributed by atoms with Gasteiger partial charge in [0, 0.05) is 20.1 Å². The van der Waals surface area contributed by atoms with E-state index in [1.54, 1.807) is 32.2 Å². The number of H-pyrrole nitrogens is 1. The third kappa shape index (κ3) is 4.68. The molecule has 0 fully saturated rings. The molecule has 0 aliphatic carbocycles. The van der Waals surface area contributed by atoms with Crippen molar-refractivity contribution in [3.05, 3.63) is 66.9 Å². The number of hydrogen-bond acceptors (Lipinski definition) is 5. The predicted molar refractivity (Wildman–Crippen MR) is 122 cm³/mol. The zero-order chi connectivity index (χ0) is 21.5. The van der Waals surface area contributed by atoms with Gasteiger partial charge in [0.05, 0.1) is 41.6 Å². The predicted octanol–water partition coefficient (Wildman–Crippen LogP) is 5.92. The van der Waals surface area contributed by atoms with Gasteiger partial charge in [-0.1, -0.05) is 25.6 Å². The van der Waals surface area contributed by atoms with E-state index in [0.29, 0.717) is 9.79 Å². The summed E-state index contributed by atoms with van der Waals surface area (Å²) in [5.74, 6) is 1.56. The number of nitrogens with one attached hydrogen (secondary N) is 1. The monoisotopic (exact) mass is 440 g/mol. The topological polar surface area (TPSA) is 64.2 Å². The minimum atomic E-state index is -1.32. The maximum absolute atomic E-state index is 13.1. The molecule has 5 nitrogen and oxygen atoms in total. The molecule has 4 rings (SSSR count). The normalized spacial score (nSPS) is 11.5. The summed E-state index contributed by atoms with van der Waals surface area (Å²) in [6.07, 6.45) is 1.77. The zero-order valence-electron chi connectivity index (χ0n) is 17.3. The van der Waals surface area contributed by atoms with Gasteiger partial charge in [-0.05, 0) is 60.7 Å². The van der Waals surface area contributed by atoms with Crippen LogP contribution in [0.3, 0.4) is 0 Å². The van der Waals surface area contributed by atoms with Gasteiger partial charge in [-0.15, -0.1) is 0 Å². The van der Waals surface area contributed by atoms with E-state index in [4.69, 9.17) is 9.47 Å². The lowest BCUT2D eigenvalue weighted by Gasteiger charge is -2.09. The van der Waals surface area contributed by atoms with Crippen molar-refractivity contribution < 1.29 is 13.7 Å². The van der Waals surface area contributed by atoms with Crippen LogP contribution in [0.15, 0.2) is 86.4 Å². The second-order valence-electron chi connectivity index (χ2n) is 5.94.